The summed E-state index contributed by atoms with van der Waals surface area (Å²) in [7, 11) is 1.74. The van der Waals surface area contributed by atoms with Crippen molar-refractivity contribution in [3.8, 4) is 5.75 Å². The molecule has 2 aromatic carbocycles. The number of pyridine rings is 1. The summed E-state index contributed by atoms with van der Waals surface area (Å²) in [6.07, 6.45) is 1.84. The van der Waals surface area contributed by atoms with Crippen molar-refractivity contribution < 1.29 is 9.53 Å². The van der Waals surface area contributed by atoms with Crippen molar-refractivity contribution >= 4 is 34.7 Å². The van der Waals surface area contributed by atoms with E-state index in [-0.39, 0.29) is 5.91 Å². The third-order valence-electron chi connectivity index (χ3n) is 4.77. The van der Waals surface area contributed by atoms with E-state index in [1.54, 1.807) is 30.1 Å². The molecule has 0 bridgehead atoms. The number of ether oxygens (including phenoxy) is 1. The highest BCUT2D eigenvalue weighted by molar-refractivity contribution is 6.30. The van der Waals surface area contributed by atoms with Gasteiger partial charge in [-0.3, -0.25) is 4.79 Å². The van der Waals surface area contributed by atoms with Crippen LogP contribution in [0.1, 0.15) is 15.9 Å². The molecular formula is C22H20ClN3O2. The van der Waals surface area contributed by atoms with Crippen molar-refractivity contribution in [3.63, 3.8) is 0 Å². The molecule has 0 radical (unpaired) electrons. The molecule has 142 valence electrons. The van der Waals surface area contributed by atoms with Crippen LogP contribution in [-0.4, -0.2) is 31.1 Å². The van der Waals surface area contributed by atoms with E-state index in [0.717, 1.165) is 22.8 Å². The molecule has 1 amide bonds. The number of aromatic nitrogens is 1. The maximum absolute atomic E-state index is 13.2. The lowest BCUT2D eigenvalue weighted by Gasteiger charge is -2.32. The number of nitrogens with zero attached hydrogens (tertiary/aromatic N) is 3. The Balaban J connectivity index is 1.70. The van der Waals surface area contributed by atoms with Gasteiger partial charge in [-0.2, -0.15) is 0 Å². The fraction of sp³-hybridized carbons (Fsp3) is 0.182. The summed E-state index contributed by atoms with van der Waals surface area (Å²) in [6.45, 7) is 3.17. The van der Waals surface area contributed by atoms with Crippen LogP contribution < -0.4 is 14.5 Å². The van der Waals surface area contributed by atoms with Gasteiger partial charge in [0.1, 0.15) is 12.4 Å². The summed E-state index contributed by atoms with van der Waals surface area (Å²) in [6, 6.07) is 16.8. The van der Waals surface area contributed by atoms with Gasteiger partial charge in [0.15, 0.2) is 5.75 Å². The molecule has 0 spiro atoms. The summed E-state index contributed by atoms with van der Waals surface area (Å²) < 4.78 is 5.92. The van der Waals surface area contributed by atoms with Crippen molar-refractivity contribution in [2.45, 2.75) is 6.92 Å². The van der Waals surface area contributed by atoms with E-state index in [1.807, 2.05) is 49.5 Å². The van der Waals surface area contributed by atoms with Crippen LogP contribution in [0.4, 0.5) is 17.2 Å². The number of amides is 1. The molecule has 0 saturated carbocycles. The molecule has 1 aromatic heterocycles. The molecule has 0 unspecified atom stereocenters. The molecule has 1 aliphatic heterocycles. The average molecular weight is 394 g/mol. The van der Waals surface area contributed by atoms with Crippen molar-refractivity contribution in [2.75, 3.05) is 30.0 Å². The second-order valence-corrected chi connectivity index (χ2v) is 7.12. The highest BCUT2D eigenvalue weighted by atomic mass is 35.5. The smallest absolute Gasteiger partial charge is 0.261 e. The van der Waals surface area contributed by atoms with E-state index in [9.17, 15) is 4.79 Å². The van der Waals surface area contributed by atoms with Crippen molar-refractivity contribution in [3.05, 3.63) is 76.9 Å². The van der Waals surface area contributed by atoms with Gasteiger partial charge < -0.3 is 14.5 Å². The molecule has 0 atom stereocenters. The van der Waals surface area contributed by atoms with Crippen LogP contribution in [0.15, 0.2) is 60.8 Å². The Kier molecular flexibility index (Phi) is 4.92. The van der Waals surface area contributed by atoms with Gasteiger partial charge in [-0.15, -0.1) is 0 Å². The molecular weight excluding hydrogens is 374 g/mol. The number of para-hydroxylation sites is 1. The summed E-state index contributed by atoms with van der Waals surface area (Å²) in [5.74, 6) is 1.28. The fourth-order valence-corrected chi connectivity index (χ4v) is 3.36. The Morgan fingerprint density at radius 2 is 1.93 bits per heavy atom. The van der Waals surface area contributed by atoms with Gasteiger partial charge >= 0.3 is 0 Å². The van der Waals surface area contributed by atoms with Gasteiger partial charge in [0.2, 0.25) is 0 Å². The Morgan fingerprint density at radius 1 is 1.14 bits per heavy atom. The molecule has 6 heteroatoms. The largest absolute Gasteiger partial charge is 0.489 e. The lowest BCUT2D eigenvalue weighted by atomic mass is 10.1. The summed E-state index contributed by atoms with van der Waals surface area (Å²) in [5.41, 5.74) is 3.23. The van der Waals surface area contributed by atoms with E-state index in [2.05, 4.69) is 9.88 Å². The predicted octanol–water partition coefficient (Wildman–Crippen LogP) is 4.85. The second-order valence-electron chi connectivity index (χ2n) is 6.69. The molecule has 1 aliphatic rings. The van der Waals surface area contributed by atoms with E-state index in [1.165, 1.54) is 0 Å². The Bertz CT molecular complexity index is 1000. The zero-order valence-electron chi connectivity index (χ0n) is 15.7. The third-order valence-corrected chi connectivity index (χ3v) is 5.02. The number of carbonyl (C=O) groups excluding carboxylic acids is 1. The first-order chi connectivity index (χ1) is 13.5. The van der Waals surface area contributed by atoms with Crippen LogP contribution >= 0.6 is 11.6 Å². The van der Waals surface area contributed by atoms with Crippen LogP contribution in [0.5, 0.6) is 5.75 Å². The molecule has 28 heavy (non-hydrogen) atoms. The quantitative estimate of drug-likeness (QED) is 0.638. The molecule has 3 aromatic rings. The van der Waals surface area contributed by atoms with Crippen LogP contribution in [0.25, 0.3) is 0 Å². The van der Waals surface area contributed by atoms with E-state index in [0.29, 0.717) is 29.5 Å². The van der Waals surface area contributed by atoms with E-state index in [4.69, 9.17) is 16.3 Å². The monoisotopic (exact) mass is 393 g/mol. The number of benzene rings is 2. The third kappa shape index (κ3) is 3.41. The van der Waals surface area contributed by atoms with Gasteiger partial charge in [-0.05, 0) is 55.0 Å². The number of carbonyl (C=O) groups is 1. The summed E-state index contributed by atoms with van der Waals surface area (Å²) in [4.78, 5) is 21.4. The van der Waals surface area contributed by atoms with Crippen LogP contribution in [-0.2, 0) is 0 Å². The SMILES string of the molecule is Cc1ccc(N2CCOc3c(C(=O)N(C)c4ccc(Cl)cc4)cccc32)nc1. The Labute approximate surface area is 169 Å². The molecule has 4 rings (SSSR count). The molecule has 2 heterocycles. The molecule has 0 saturated heterocycles. The number of aryl methyl sites for hydroxylation is 1. The maximum atomic E-state index is 13.2. The standard InChI is InChI=1S/C22H20ClN3O2/c1-15-6-11-20(24-14-15)26-12-13-28-21-18(4-3-5-19(21)26)22(27)25(2)17-9-7-16(23)8-10-17/h3-11,14H,12-13H2,1-2H3. The van der Waals surface area contributed by atoms with E-state index < -0.39 is 0 Å². The second kappa shape index (κ2) is 7.52. The topological polar surface area (TPSA) is 45.7 Å². The minimum atomic E-state index is -0.141. The van der Waals surface area contributed by atoms with Gasteiger partial charge in [-0.1, -0.05) is 23.7 Å². The lowest BCUT2D eigenvalue weighted by molar-refractivity contribution is 0.0989. The highest BCUT2D eigenvalue weighted by Gasteiger charge is 2.27. The number of hydrogen-bond acceptors (Lipinski definition) is 4. The minimum Gasteiger partial charge on any atom is -0.489 e. The molecule has 0 aliphatic carbocycles. The molecule has 5 nitrogen and oxygen atoms in total. The number of fused-ring (bicyclic) bond motifs is 1. The van der Waals surface area contributed by atoms with E-state index >= 15 is 0 Å². The molecule has 0 fully saturated rings. The first-order valence-electron chi connectivity index (χ1n) is 9.04. The lowest BCUT2D eigenvalue weighted by Crippen LogP contribution is -2.32. The zero-order valence-corrected chi connectivity index (χ0v) is 16.5. The maximum Gasteiger partial charge on any atom is 0.261 e. The van der Waals surface area contributed by atoms with Crippen LogP contribution in [0.2, 0.25) is 5.02 Å². The Hall–Kier alpha value is -3.05. The normalized spacial score (nSPS) is 12.9. The predicted molar refractivity (Wildman–Crippen MR) is 112 cm³/mol. The zero-order chi connectivity index (χ0) is 19.7. The van der Waals surface area contributed by atoms with Crippen LogP contribution in [0.3, 0.4) is 0 Å². The molecule has 0 N–H and O–H groups in total. The number of anilines is 3. The van der Waals surface area contributed by atoms with Gasteiger partial charge in [-0.25, -0.2) is 4.98 Å². The first-order valence-corrected chi connectivity index (χ1v) is 9.42. The van der Waals surface area contributed by atoms with Gasteiger partial charge in [0.05, 0.1) is 17.8 Å². The summed E-state index contributed by atoms with van der Waals surface area (Å²) in [5, 5.41) is 0.631. The van der Waals surface area contributed by atoms with Crippen molar-refractivity contribution in [1.29, 1.82) is 0 Å². The average Bonchev–Trinajstić information content (AvgIpc) is 2.73. The number of hydrogen-bond donors (Lipinski definition) is 0. The summed E-state index contributed by atoms with van der Waals surface area (Å²) >= 11 is 5.96. The van der Waals surface area contributed by atoms with Gasteiger partial charge in [0.25, 0.3) is 5.91 Å². The Morgan fingerprint density at radius 3 is 2.64 bits per heavy atom. The highest BCUT2D eigenvalue weighted by Crippen LogP contribution is 2.39. The minimum absolute atomic E-state index is 0.141. The van der Waals surface area contributed by atoms with Crippen molar-refractivity contribution in [2.24, 2.45) is 0 Å². The first kappa shape index (κ1) is 18.3. The van der Waals surface area contributed by atoms with Gasteiger partial charge in [0, 0.05) is 24.0 Å². The van der Waals surface area contributed by atoms with Crippen LogP contribution in [0, 0.1) is 6.92 Å². The number of halogens is 1. The van der Waals surface area contributed by atoms with Crippen molar-refractivity contribution in [1.82, 2.24) is 4.98 Å². The fourth-order valence-electron chi connectivity index (χ4n) is 3.24. The number of rotatable bonds is 3.